The van der Waals surface area contributed by atoms with E-state index in [0.29, 0.717) is 35.3 Å². The second kappa shape index (κ2) is 9.03. The maximum absolute atomic E-state index is 13.0. The molecule has 2 saturated heterocycles. The molecule has 30 heavy (non-hydrogen) atoms. The first-order chi connectivity index (χ1) is 14.4. The largest absolute Gasteiger partial charge is 0.416 e. The van der Waals surface area contributed by atoms with Crippen molar-refractivity contribution in [3.05, 3.63) is 40.9 Å². The Hall–Kier alpha value is -1.97. The smallest absolute Gasteiger partial charge is 0.379 e. The standard InChI is InChI=1S/C21H24F3N3O2S/c22-21(23,24)17-3-1-2-16(12-17)19-25-18(14-30-19)20(28)27-6-4-15(5-7-27)13-26-8-10-29-11-9-26/h1-3,12,14-15H,4-11,13H2. The molecule has 2 aliphatic rings. The number of aromatic nitrogens is 1. The number of benzene rings is 1. The van der Waals surface area contributed by atoms with E-state index in [2.05, 4.69) is 9.88 Å². The number of hydrogen-bond acceptors (Lipinski definition) is 5. The van der Waals surface area contributed by atoms with Gasteiger partial charge >= 0.3 is 6.18 Å². The quantitative estimate of drug-likeness (QED) is 0.722. The van der Waals surface area contributed by atoms with Gasteiger partial charge in [-0.3, -0.25) is 9.69 Å². The number of thiazole rings is 1. The molecule has 0 saturated carbocycles. The molecule has 2 aromatic rings. The Bertz CT molecular complexity index is 872. The lowest BCUT2D eigenvalue weighted by molar-refractivity contribution is -0.137. The third-order valence-corrected chi connectivity index (χ3v) is 6.57. The van der Waals surface area contributed by atoms with Crippen molar-refractivity contribution < 1.29 is 22.7 Å². The van der Waals surface area contributed by atoms with Gasteiger partial charge in [-0.05, 0) is 30.9 Å². The Morgan fingerprint density at radius 2 is 1.90 bits per heavy atom. The number of carbonyl (C=O) groups excluding carboxylic acids is 1. The van der Waals surface area contributed by atoms with Crippen LogP contribution in [0.4, 0.5) is 13.2 Å². The molecule has 2 aliphatic heterocycles. The third-order valence-electron chi connectivity index (χ3n) is 5.68. The summed E-state index contributed by atoms with van der Waals surface area (Å²) < 4.78 is 44.2. The number of ether oxygens (including phenoxy) is 1. The number of nitrogens with zero attached hydrogens (tertiary/aromatic N) is 3. The van der Waals surface area contributed by atoms with Gasteiger partial charge in [0.1, 0.15) is 10.7 Å². The maximum atomic E-state index is 13.0. The van der Waals surface area contributed by atoms with Gasteiger partial charge < -0.3 is 9.64 Å². The number of alkyl halides is 3. The summed E-state index contributed by atoms with van der Waals surface area (Å²) in [6.45, 7) is 5.92. The van der Waals surface area contributed by atoms with Gasteiger partial charge in [0.25, 0.3) is 5.91 Å². The topological polar surface area (TPSA) is 45.7 Å². The first-order valence-electron chi connectivity index (χ1n) is 10.1. The fourth-order valence-corrected chi connectivity index (χ4v) is 4.75. The molecule has 0 spiro atoms. The van der Waals surface area contributed by atoms with Crippen molar-refractivity contribution in [3.8, 4) is 10.6 Å². The first kappa shape index (κ1) is 21.3. The normalized spacial score (nSPS) is 19.2. The van der Waals surface area contributed by atoms with Crippen molar-refractivity contribution in [2.24, 2.45) is 5.92 Å². The molecule has 1 aromatic carbocycles. The third kappa shape index (κ3) is 5.01. The highest BCUT2D eigenvalue weighted by molar-refractivity contribution is 7.13. The molecule has 0 aliphatic carbocycles. The summed E-state index contributed by atoms with van der Waals surface area (Å²) in [4.78, 5) is 21.4. The van der Waals surface area contributed by atoms with Crippen molar-refractivity contribution in [1.29, 1.82) is 0 Å². The Morgan fingerprint density at radius 3 is 2.60 bits per heavy atom. The second-order valence-corrected chi connectivity index (χ2v) is 8.62. The zero-order chi connectivity index (χ0) is 21.1. The van der Waals surface area contributed by atoms with Gasteiger partial charge in [0.2, 0.25) is 0 Å². The highest BCUT2D eigenvalue weighted by atomic mass is 32.1. The summed E-state index contributed by atoms with van der Waals surface area (Å²) in [5, 5.41) is 2.06. The van der Waals surface area contributed by atoms with Crippen LogP contribution in [-0.2, 0) is 10.9 Å². The predicted molar refractivity (Wildman–Crippen MR) is 108 cm³/mol. The van der Waals surface area contributed by atoms with Gasteiger partial charge in [0.05, 0.1) is 18.8 Å². The number of amides is 1. The minimum Gasteiger partial charge on any atom is -0.379 e. The van der Waals surface area contributed by atoms with E-state index in [9.17, 15) is 18.0 Å². The van der Waals surface area contributed by atoms with E-state index in [1.165, 1.54) is 17.4 Å². The number of piperidine rings is 1. The van der Waals surface area contributed by atoms with Crippen molar-refractivity contribution in [2.75, 3.05) is 45.9 Å². The SMILES string of the molecule is O=C(c1csc(-c2cccc(C(F)(F)F)c2)n1)N1CCC(CN2CCOCC2)CC1. The van der Waals surface area contributed by atoms with Crippen LogP contribution in [-0.4, -0.2) is 66.6 Å². The molecule has 0 bridgehead atoms. The molecular weight excluding hydrogens is 415 g/mol. The Balaban J connectivity index is 1.36. The predicted octanol–water partition coefficient (Wildman–Crippen LogP) is 4.01. The lowest BCUT2D eigenvalue weighted by Crippen LogP contribution is -2.44. The summed E-state index contributed by atoms with van der Waals surface area (Å²) >= 11 is 1.19. The van der Waals surface area contributed by atoms with Gasteiger partial charge in [0.15, 0.2) is 0 Å². The maximum Gasteiger partial charge on any atom is 0.416 e. The summed E-state index contributed by atoms with van der Waals surface area (Å²) in [5.41, 5.74) is -0.0393. The van der Waals surface area contributed by atoms with Crippen molar-refractivity contribution in [3.63, 3.8) is 0 Å². The van der Waals surface area contributed by atoms with Crippen molar-refractivity contribution in [2.45, 2.75) is 19.0 Å². The molecule has 0 radical (unpaired) electrons. The summed E-state index contributed by atoms with van der Waals surface area (Å²) in [7, 11) is 0. The minimum atomic E-state index is -4.41. The number of likely N-dealkylation sites (tertiary alicyclic amines) is 1. The fraction of sp³-hybridized carbons (Fsp3) is 0.524. The average Bonchev–Trinajstić information content (AvgIpc) is 3.24. The minimum absolute atomic E-state index is 0.144. The molecular formula is C21H24F3N3O2S. The highest BCUT2D eigenvalue weighted by Crippen LogP contribution is 2.33. The average molecular weight is 440 g/mol. The summed E-state index contributed by atoms with van der Waals surface area (Å²) in [5.74, 6) is 0.428. The molecule has 5 nitrogen and oxygen atoms in total. The lowest BCUT2D eigenvalue weighted by atomic mass is 9.96. The van der Waals surface area contributed by atoms with E-state index in [4.69, 9.17) is 4.74 Å². The summed E-state index contributed by atoms with van der Waals surface area (Å²) in [6, 6.07) is 5.05. The van der Waals surface area contributed by atoms with Crippen LogP contribution in [0.1, 0.15) is 28.9 Å². The highest BCUT2D eigenvalue weighted by Gasteiger charge is 2.31. The molecule has 9 heteroatoms. The van der Waals surface area contributed by atoms with Crippen LogP contribution in [0.15, 0.2) is 29.6 Å². The Kier molecular flexibility index (Phi) is 6.40. The molecule has 2 fully saturated rings. The van der Waals surface area contributed by atoms with Gasteiger partial charge in [-0.25, -0.2) is 4.98 Å². The molecule has 0 N–H and O–H groups in total. The molecule has 4 rings (SSSR count). The van der Waals surface area contributed by atoms with Crippen LogP contribution in [0.25, 0.3) is 10.6 Å². The van der Waals surface area contributed by atoms with Crippen LogP contribution >= 0.6 is 11.3 Å². The lowest BCUT2D eigenvalue weighted by Gasteiger charge is -2.35. The van der Waals surface area contributed by atoms with Crippen LogP contribution in [0.2, 0.25) is 0 Å². The van der Waals surface area contributed by atoms with Crippen LogP contribution in [0, 0.1) is 5.92 Å². The van der Waals surface area contributed by atoms with Gasteiger partial charge in [-0.2, -0.15) is 13.2 Å². The zero-order valence-corrected chi connectivity index (χ0v) is 17.3. The van der Waals surface area contributed by atoms with E-state index in [1.807, 2.05) is 0 Å². The zero-order valence-electron chi connectivity index (χ0n) is 16.5. The molecule has 1 amide bonds. The second-order valence-electron chi connectivity index (χ2n) is 7.77. The van der Waals surface area contributed by atoms with E-state index in [0.717, 1.165) is 57.8 Å². The van der Waals surface area contributed by atoms with Gasteiger partial charge in [0, 0.05) is 43.7 Å². The van der Waals surface area contributed by atoms with Crippen LogP contribution in [0.3, 0.4) is 0 Å². The Morgan fingerprint density at radius 1 is 1.17 bits per heavy atom. The monoisotopic (exact) mass is 439 g/mol. The van der Waals surface area contributed by atoms with Gasteiger partial charge in [-0.15, -0.1) is 11.3 Å². The number of hydrogen-bond donors (Lipinski definition) is 0. The number of carbonyl (C=O) groups is 1. The number of morpholine rings is 1. The summed E-state index contributed by atoms with van der Waals surface area (Å²) in [6.07, 6.45) is -2.50. The van der Waals surface area contributed by atoms with Crippen LogP contribution < -0.4 is 0 Å². The molecule has 0 atom stereocenters. The first-order valence-corrected chi connectivity index (χ1v) is 11.0. The molecule has 3 heterocycles. The molecule has 1 aromatic heterocycles. The van der Waals surface area contributed by atoms with Crippen LogP contribution in [0.5, 0.6) is 0 Å². The molecule has 162 valence electrons. The van der Waals surface area contributed by atoms with E-state index in [1.54, 1.807) is 16.3 Å². The van der Waals surface area contributed by atoms with E-state index >= 15 is 0 Å². The van der Waals surface area contributed by atoms with Gasteiger partial charge in [-0.1, -0.05) is 12.1 Å². The van der Waals surface area contributed by atoms with E-state index < -0.39 is 11.7 Å². The van der Waals surface area contributed by atoms with E-state index in [-0.39, 0.29) is 5.91 Å². The van der Waals surface area contributed by atoms with Crippen molar-refractivity contribution >= 4 is 17.2 Å². The Labute approximate surface area is 177 Å². The number of rotatable bonds is 4. The molecule has 0 unspecified atom stereocenters. The van der Waals surface area contributed by atoms with Crippen molar-refractivity contribution in [1.82, 2.24) is 14.8 Å². The number of halogens is 3. The fourth-order valence-electron chi connectivity index (χ4n) is 3.96.